The van der Waals surface area contributed by atoms with Crippen LogP contribution in [0.3, 0.4) is 0 Å². The highest BCUT2D eigenvalue weighted by Crippen LogP contribution is 1.99. The molecule has 0 amide bonds. The molecule has 0 rings (SSSR count). The predicted molar refractivity (Wildman–Crippen MR) is 40.7 cm³/mol. The first kappa shape index (κ1) is 11.5. The smallest absolute Gasteiger partial charge is 0.336 e. The third kappa shape index (κ3) is 5.22. The molecular formula is C6H11O5S-. The topological polar surface area (TPSA) is 75.7 Å². The quantitative estimate of drug-likeness (QED) is 0.471. The molecule has 72 valence electrons. The van der Waals surface area contributed by atoms with Gasteiger partial charge in [0.1, 0.15) is 0 Å². The first-order chi connectivity index (χ1) is 5.43. The summed E-state index contributed by atoms with van der Waals surface area (Å²) in [6.07, 6.45) is -1.35. The Labute approximate surface area is 73.5 Å². The van der Waals surface area contributed by atoms with Crippen LogP contribution in [0.1, 0.15) is 20.8 Å². The van der Waals surface area contributed by atoms with E-state index in [1.807, 2.05) is 0 Å². The standard InChI is InChI=1S/C6H12O5S/c1-4(2)10-6(7)5(3)11-12(8)9/h4-5H,1-3H3,(H,8,9)/p-1. The molecule has 0 aromatic heterocycles. The van der Waals surface area contributed by atoms with Crippen molar-refractivity contribution < 1.29 is 22.5 Å². The van der Waals surface area contributed by atoms with E-state index in [1.165, 1.54) is 6.92 Å². The lowest BCUT2D eigenvalue weighted by Crippen LogP contribution is -2.26. The number of hydrogen-bond donors (Lipinski definition) is 0. The van der Waals surface area contributed by atoms with Crippen molar-refractivity contribution in [3.63, 3.8) is 0 Å². The van der Waals surface area contributed by atoms with Crippen LogP contribution in [0.5, 0.6) is 0 Å². The van der Waals surface area contributed by atoms with Gasteiger partial charge in [0.05, 0.1) is 17.5 Å². The molecule has 6 heteroatoms. The van der Waals surface area contributed by atoms with Gasteiger partial charge >= 0.3 is 5.97 Å². The Hall–Kier alpha value is -0.460. The molecule has 2 atom stereocenters. The van der Waals surface area contributed by atoms with Crippen LogP contribution >= 0.6 is 0 Å². The van der Waals surface area contributed by atoms with Crippen molar-refractivity contribution in [2.24, 2.45) is 0 Å². The van der Waals surface area contributed by atoms with E-state index in [1.54, 1.807) is 13.8 Å². The zero-order chi connectivity index (χ0) is 9.72. The van der Waals surface area contributed by atoms with Crippen molar-refractivity contribution in [2.45, 2.75) is 33.0 Å². The second-order valence-corrected chi connectivity index (χ2v) is 3.03. The van der Waals surface area contributed by atoms with E-state index in [-0.39, 0.29) is 6.10 Å². The molecule has 0 bridgehead atoms. The van der Waals surface area contributed by atoms with Gasteiger partial charge in [0.2, 0.25) is 0 Å². The number of carbonyl (C=O) groups is 1. The highest BCUT2D eigenvalue weighted by Gasteiger charge is 2.16. The highest BCUT2D eigenvalue weighted by molar-refractivity contribution is 7.74. The fourth-order valence-corrected chi connectivity index (χ4v) is 0.800. The van der Waals surface area contributed by atoms with Gasteiger partial charge in [0, 0.05) is 0 Å². The average Bonchev–Trinajstić information content (AvgIpc) is 1.84. The van der Waals surface area contributed by atoms with Crippen molar-refractivity contribution in [2.75, 3.05) is 0 Å². The number of hydrogen-bond acceptors (Lipinski definition) is 5. The van der Waals surface area contributed by atoms with Crippen LogP contribution in [0, 0.1) is 0 Å². The molecule has 0 fully saturated rings. The fraction of sp³-hybridized carbons (Fsp3) is 0.833. The van der Waals surface area contributed by atoms with E-state index in [0.717, 1.165) is 0 Å². The van der Waals surface area contributed by atoms with Gasteiger partial charge in [0.15, 0.2) is 6.10 Å². The molecule has 2 unspecified atom stereocenters. The first-order valence-electron chi connectivity index (χ1n) is 3.40. The zero-order valence-electron chi connectivity index (χ0n) is 7.10. The third-order valence-electron chi connectivity index (χ3n) is 0.907. The van der Waals surface area contributed by atoms with Gasteiger partial charge in [-0.15, -0.1) is 0 Å². The van der Waals surface area contributed by atoms with E-state index in [9.17, 15) is 13.6 Å². The molecule has 0 heterocycles. The van der Waals surface area contributed by atoms with Gasteiger partial charge in [-0.25, -0.2) is 9.00 Å². The summed E-state index contributed by atoms with van der Waals surface area (Å²) in [4.78, 5) is 10.9. The number of carbonyl (C=O) groups excluding carboxylic acids is 1. The van der Waals surface area contributed by atoms with Crippen molar-refractivity contribution in [1.82, 2.24) is 0 Å². The summed E-state index contributed by atoms with van der Waals surface area (Å²) < 4.78 is 28.8. The number of esters is 1. The monoisotopic (exact) mass is 195 g/mol. The van der Waals surface area contributed by atoms with Gasteiger partial charge in [0.25, 0.3) is 0 Å². The molecule has 0 saturated heterocycles. The summed E-state index contributed by atoms with van der Waals surface area (Å²) in [5.41, 5.74) is 0. The molecule has 0 radical (unpaired) electrons. The summed E-state index contributed by atoms with van der Waals surface area (Å²) in [7, 11) is 0. The van der Waals surface area contributed by atoms with Crippen LogP contribution in [0.25, 0.3) is 0 Å². The average molecular weight is 195 g/mol. The minimum absolute atomic E-state index is 0.274. The lowest BCUT2D eigenvalue weighted by molar-refractivity contribution is -0.154. The largest absolute Gasteiger partial charge is 0.750 e. The van der Waals surface area contributed by atoms with Crippen LogP contribution in [0.4, 0.5) is 0 Å². The Bertz CT molecular complexity index is 179. The molecule has 0 aromatic rings. The Morgan fingerprint density at radius 3 is 2.25 bits per heavy atom. The third-order valence-corrected chi connectivity index (χ3v) is 1.35. The van der Waals surface area contributed by atoms with E-state index in [4.69, 9.17) is 0 Å². The van der Waals surface area contributed by atoms with Crippen molar-refractivity contribution in [1.29, 1.82) is 0 Å². The summed E-state index contributed by atoms with van der Waals surface area (Å²) in [6.45, 7) is 4.64. The zero-order valence-corrected chi connectivity index (χ0v) is 7.92. The SMILES string of the molecule is CC(C)OC(=O)C(C)OS(=O)[O-]. The minimum Gasteiger partial charge on any atom is -0.750 e. The number of ether oxygens (including phenoxy) is 1. The van der Waals surface area contributed by atoms with Crippen LogP contribution in [0.15, 0.2) is 0 Å². The molecule has 0 spiro atoms. The molecule has 0 N–H and O–H groups in total. The molecule has 0 aliphatic heterocycles. The van der Waals surface area contributed by atoms with E-state index >= 15 is 0 Å². The van der Waals surface area contributed by atoms with Gasteiger partial charge in [-0.1, -0.05) is 0 Å². The Morgan fingerprint density at radius 2 is 1.92 bits per heavy atom. The second kappa shape index (κ2) is 5.23. The van der Waals surface area contributed by atoms with Gasteiger partial charge in [-0.3, -0.25) is 4.18 Å². The molecule has 5 nitrogen and oxygen atoms in total. The summed E-state index contributed by atoms with van der Waals surface area (Å²) >= 11 is -2.68. The lowest BCUT2D eigenvalue weighted by Gasteiger charge is -2.14. The maximum Gasteiger partial charge on any atom is 0.336 e. The maximum absolute atomic E-state index is 10.9. The highest BCUT2D eigenvalue weighted by atomic mass is 32.2. The van der Waals surface area contributed by atoms with Crippen LogP contribution in [-0.4, -0.2) is 26.9 Å². The van der Waals surface area contributed by atoms with Gasteiger partial charge in [-0.2, -0.15) is 0 Å². The van der Waals surface area contributed by atoms with E-state index in [2.05, 4.69) is 8.92 Å². The fourth-order valence-electron chi connectivity index (χ4n) is 0.485. The van der Waals surface area contributed by atoms with Crippen molar-refractivity contribution >= 4 is 17.3 Å². The number of rotatable bonds is 4. The van der Waals surface area contributed by atoms with E-state index in [0.29, 0.717) is 0 Å². The molecule has 0 aromatic carbocycles. The van der Waals surface area contributed by atoms with Crippen LogP contribution in [0.2, 0.25) is 0 Å². The lowest BCUT2D eigenvalue weighted by atomic mass is 10.4. The van der Waals surface area contributed by atoms with Gasteiger partial charge in [-0.05, 0) is 20.8 Å². The summed E-state index contributed by atoms with van der Waals surface area (Å²) in [5.74, 6) is -0.686. The Kier molecular flexibility index (Phi) is 5.03. The van der Waals surface area contributed by atoms with Crippen molar-refractivity contribution in [3.8, 4) is 0 Å². The van der Waals surface area contributed by atoms with Crippen LogP contribution < -0.4 is 0 Å². The Balaban J connectivity index is 3.85. The minimum atomic E-state index is -2.68. The van der Waals surface area contributed by atoms with Crippen molar-refractivity contribution in [3.05, 3.63) is 0 Å². The molecule has 0 aliphatic carbocycles. The predicted octanol–water partition coefficient (Wildman–Crippen LogP) is 0.137. The summed E-state index contributed by atoms with van der Waals surface area (Å²) in [5, 5.41) is 0. The molecule has 12 heavy (non-hydrogen) atoms. The molecule has 0 aliphatic rings. The van der Waals surface area contributed by atoms with Crippen LogP contribution in [-0.2, 0) is 25.1 Å². The Morgan fingerprint density at radius 1 is 1.42 bits per heavy atom. The maximum atomic E-state index is 10.9. The molecule has 0 saturated carbocycles. The summed E-state index contributed by atoms with van der Waals surface area (Å²) in [6, 6.07) is 0. The first-order valence-corrected chi connectivity index (χ1v) is 4.40. The van der Waals surface area contributed by atoms with E-state index < -0.39 is 23.4 Å². The second-order valence-electron chi connectivity index (χ2n) is 2.43. The van der Waals surface area contributed by atoms with Gasteiger partial charge < -0.3 is 9.29 Å². The normalized spacial score (nSPS) is 15.8. The molecular weight excluding hydrogens is 184 g/mol.